The molecule has 3 rings (SSSR count). The molecule has 1 atom stereocenters. The van der Waals surface area contributed by atoms with Crippen molar-refractivity contribution in [2.45, 2.75) is 17.9 Å². The maximum absolute atomic E-state index is 12.8. The number of anilines is 1. The van der Waals surface area contributed by atoms with Gasteiger partial charge in [0.15, 0.2) is 6.10 Å². The first-order valence-corrected chi connectivity index (χ1v) is 10.5. The van der Waals surface area contributed by atoms with Gasteiger partial charge in [0.25, 0.3) is 5.91 Å². The van der Waals surface area contributed by atoms with Gasteiger partial charge < -0.3 is 14.8 Å². The van der Waals surface area contributed by atoms with Gasteiger partial charge in [0, 0.05) is 18.8 Å². The van der Waals surface area contributed by atoms with Gasteiger partial charge in [-0.2, -0.15) is 9.57 Å². The number of nitrogens with zero attached hydrogens (tertiary/aromatic N) is 2. The summed E-state index contributed by atoms with van der Waals surface area (Å²) >= 11 is 0. The van der Waals surface area contributed by atoms with Crippen LogP contribution in [0.4, 0.5) is 5.69 Å². The molecule has 1 fully saturated rings. The number of carbonyl (C=O) groups excluding carboxylic acids is 1. The first-order chi connectivity index (χ1) is 13.9. The molecule has 0 spiro atoms. The number of hydrogen-bond donors (Lipinski definition) is 1. The van der Waals surface area contributed by atoms with E-state index in [-0.39, 0.29) is 4.90 Å². The first-order valence-electron chi connectivity index (χ1n) is 9.06. The minimum Gasteiger partial charge on any atom is -0.481 e. The van der Waals surface area contributed by atoms with E-state index in [2.05, 4.69) is 5.32 Å². The van der Waals surface area contributed by atoms with Gasteiger partial charge in [0.05, 0.1) is 29.7 Å². The van der Waals surface area contributed by atoms with Crippen LogP contribution in [0.25, 0.3) is 0 Å². The number of nitriles is 1. The van der Waals surface area contributed by atoms with Gasteiger partial charge in [-0.15, -0.1) is 0 Å². The quantitative estimate of drug-likeness (QED) is 0.773. The zero-order valence-electron chi connectivity index (χ0n) is 15.9. The lowest BCUT2D eigenvalue weighted by molar-refractivity contribution is -0.122. The van der Waals surface area contributed by atoms with E-state index in [4.69, 9.17) is 14.7 Å². The van der Waals surface area contributed by atoms with Gasteiger partial charge in [-0.25, -0.2) is 8.42 Å². The number of ether oxygens (including phenoxy) is 2. The molecule has 1 heterocycles. The zero-order chi connectivity index (χ0) is 20.9. The van der Waals surface area contributed by atoms with Crippen LogP contribution in [0.2, 0.25) is 0 Å². The second-order valence-corrected chi connectivity index (χ2v) is 8.37. The highest BCUT2D eigenvalue weighted by Crippen LogP contribution is 2.21. The average molecular weight is 415 g/mol. The van der Waals surface area contributed by atoms with Crippen LogP contribution in [-0.2, 0) is 19.6 Å². The van der Waals surface area contributed by atoms with Gasteiger partial charge in [-0.05, 0) is 43.3 Å². The molecule has 1 saturated heterocycles. The van der Waals surface area contributed by atoms with Crippen molar-refractivity contribution in [2.75, 3.05) is 31.6 Å². The Morgan fingerprint density at radius 1 is 1.21 bits per heavy atom. The third-order valence-electron chi connectivity index (χ3n) is 4.35. The minimum atomic E-state index is -3.66. The van der Waals surface area contributed by atoms with Crippen LogP contribution < -0.4 is 10.1 Å². The summed E-state index contributed by atoms with van der Waals surface area (Å²) < 4.78 is 37.7. The van der Waals surface area contributed by atoms with Crippen molar-refractivity contribution in [3.8, 4) is 11.8 Å². The lowest BCUT2D eigenvalue weighted by Crippen LogP contribution is -2.40. The molecule has 0 aromatic heterocycles. The molecule has 2 aromatic carbocycles. The van der Waals surface area contributed by atoms with Crippen molar-refractivity contribution < 1.29 is 22.7 Å². The molecule has 0 saturated carbocycles. The Morgan fingerprint density at radius 3 is 2.66 bits per heavy atom. The number of morpholine rings is 1. The fourth-order valence-electron chi connectivity index (χ4n) is 2.81. The molecule has 0 radical (unpaired) electrons. The summed E-state index contributed by atoms with van der Waals surface area (Å²) in [6, 6.07) is 14.6. The molecule has 0 unspecified atom stereocenters. The van der Waals surface area contributed by atoms with Crippen LogP contribution in [-0.4, -0.2) is 51.0 Å². The number of amides is 1. The topological polar surface area (TPSA) is 109 Å². The highest BCUT2D eigenvalue weighted by molar-refractivity contribution is 7.89. The molecule has 2 aromatic rings. The molecule has 152 valence electrons. The normalized spacial score (nSPS) is 15.9. The molecule has 1 aliphatic heterocycles. The molecule has 29 heavy (non-hydrogen) atoms. The fraction of sp³-hybridized carbons (Fsp3) is 0.300. The SMILES string of the molecule is C[C@@H](Oc1cccc(C#N)c1)C(=O)Nc1cccc(S(=O)(=O)N2CCOCC2)c1. The molecule has 0 bridgehead atoms. The van der Waals surface area contributed by atoms with Crippen LogP contribution in [0.3, 0.4) is 0 Å². The number of rotatable bonds is 6. The summed E-state index contributed by atoms with van der Waals surface area (Å²) in [6.07, 6.45) is -0.844. The van der Waals surface area contributed by atoms with Crippen LogP contribution >= 0.6 is 0 Å². The zero-order valence-corrected chi connectivity index (χ0v) is 16.7. The average Bonchev–Trinajstić information content (AvgIpc) is 2.74. The molecule has 9 heteroatoms. The maximum Gasteiger partial charge on any atom is 0.265 e. The smallest absolute Gasteiger partial charge is 0.265 e. The number of benzene rings is 2. The van der Waals surface area contributed by atoms with Crippen LogP contribution in [0.1, 0.15) is 12.5 Å². The predicted octanol–water partition coefficient (Wildman–Crippen LogP) is 1.99. The Hall–Kier alpha value is -2.93. The van der Waals surface area contributed by atoms with Crippen molar-refractivity contribution >= 4 is 21.6 Å². The molecule has 1 aliphatic rings. The van der Waals surface area contributed by atoms with E-state index < -0.39 is 22.0 Å². The molecular weight excluding hydrogens is 394 g/mol. The van der Waals surface area contributed by atoms with E-state index in [1.165, 1.54) is 16.4 Å². The van der Waals surface area contributed by atoms with E-state index in [1.807, 2.05) is 6.07 Å². The van der Waals surface area contributed by atoms with Crippen molar-refractivity contribution in [1.82, 2.24) is 4.31 Å². The molecular formula is C20H21N3O5S. The van der Waals surface area contributed by atoms with Gasteiger partial charge >= 0.3 is 0 Å². The highest BCUT2D eigenvalue weighted by atomic mass is 32.2. The van der Waals surface area contributed by atoms with Crippen molar-refractivity contribution in [1.29, 1.82) is 5.26 Å². The Balaban J connectivity index is 1.69. The Kier molecular flexibility index (Phi) is 6.49. The Labute approximate surface area is 169 Å². The van der Waals surface area contributed by atoms with Gasteiger partial charge in [0.2, 0.25) is 10.0 Å². The van der Waals surface area contributed by atoms with Crippen molar-refractivity contribution in [2.24, 2.45) is 0 Å². The van der Waals surface area contributed by atoms with Crippen LogP contribution in [0.5, 0.6) is 5.75 Å². The van der Waals surface area contributed by atoms with Gasteiger partial charge in [-0.3, -0.25) is 4.79 Å². The van der Waals surface area contributed by atoms with E-state index in [1.54, 1.807) is 43.3 Å². The summed E-state index contributed by atoms with van der Waals surface area (Å²) in [5, 5.41) is 11.6. The van der Waals surface area contributed by atoms with Crippen molar-refractivity contribution in [3.63, 3.8) is 0 Å². The number of carbonyl (C=O) groups is 1. The molecule has 1 N–H and O–H groups in total. The van der Waals surface area contributed by atoms with Gasteiger partial charge in [-0.1, -0.05) is 12.1 Å². The van der Waals surface area contributed by atoms with Crippen LogP contribution in [0.15, 0.2) is 53.4 Å². The standard InChI is InChI=1S/C20H21N3O5S/c1-15(28-18-6-2-4-16(12-18)14-21)20(24)22-17-5-3-7-19(13-17)29(25,26)23-8-10-27-11-9-23/h2-7,12-13,15H,8-11H2,1H3,(H,22,24)/t15-/m1/s1. The first kappa shape index (κ1) is 20.8. The summed E-state index contributed by atoms with van der Waals surface area (Å²) in [7, 11) is -3.66. The van der Waals surface area contributed by atoms with E-state index in [9.17, 15) is 13.2 Å². The van der Waals surface area contributed by atoms with E-state index >= 15 is 0 Å². The Morgan fingerprint density at radius 2 is 1.93 bits per heavy atom. The highest BCUT2D eigenvalue weighted by Gasteiger charge is 2.26. The summed E-state index contributed by atoms with van der Waals surface area (Å²) in [5.74, 6) is -0.0383. The lowest BCUT2D eigenvalue weighted by Gasteiger charge is -2.26. The summed E-state index contributed by atoms with van der Waals surface area (Å²) in [6.45, 7) is 2.88. The van der Waals surface area contributed by atoms with Crippen molar-refractivity contribution in [3.05, 3.63) is 54.1 Å². The largest absolute Gasteiger partial charge is 0.481 e. The van der Waals surface area contributed by atoms with Gasteiger partial charge in [0.1, 0.15) is 5.75 Å². The number of hydrogen-bond acceptors (Lipinski definition) is 6. The molecule has 8 nitrogen and oxygen atoms in total. The monoisotopic (exact) mass is 415 g/mol. The predicted molar refractivity (Wildman–Crippen MR) is 106 cm³/mol. The molecule has 1 amide bonds. The van der Waals surface area contributed by atoms with E-state index in [0.717, 1.165) is 0 Å². The fourth-order valence-corrected chi connectivity index (χ4v) is 4.27. The minimum absolute atomic E-state index is 0.104. The summed E-state index contributed by atoms with van der Waals surface area (Å²) in [5.41, 5.74) is 0.779. The van der Waals surface area contributed by atoms with E-state index in [0.29, 0.717) is 43.3 Å². The van der Waals surface area contributed by atoms with Crippen LogP contribution in [0, 0.1) is 11.3 Å². The Bertz CT molecular complexity index is 1030. The third kappa shape index (κ3) is 5.12. The molecule has 0 aliphatic carbocycles. The number of sulfonamides is 1. The third-order valence-corrected chi connectivity index (χ3v) is 6.25. The number of nitrogens with one attached hydrogen (secondary N) is 1. The maximum atomic E-state index is 12.8. The second-order valence-electron chi connectivity index (χ2n) is 6.43. The second kappa shape index (κ2) is 9.05. The summed E-state index contributed by atoms with van der Waals surface area (Å²) in [4.78, 5) is 12.6. The lowest BCUT2D eigenvalue weighted by atomic mass is 10.2.